The summed E-state index contributed by atoms with van der Waals surface area (Å²) in [6.07, 6.45) is 3.06. The van der Waals surface area contributed by atoms with E-state index < -0.39 is 0 Å². The van der Waals surface area contributed by atoms with Crippen molar-refractivity contribution in [2.45, 2.75) is 13.0 Å². The zero-order chi connectivity index (χ0) is 20.4. The van der Waals surface area contributed by atoms with Crippen molar-refractivity contribution in [1.82, 2.24) is 19.9 Å². The Kier molecular flexibility index (Phi) is 4.71. The summed E-state index contributed by atoms with van der Waals surface area (Å²) in [4.78, 5) is 17.1. The van der Waals surface area contributed by atoms with E-state index in [4.69, 9.17) is 10.7 Å². The van der Waals surface area contributed by atoms with E-state index in [1.54, 1.807) is 12.3 Å². The van der Waals surface area contributed by atoms with Gasteiger partial charge in [-0.1, -0.05) is 6.07 Å². The molecule has 0 spiro atoms. The van der Waals surface area contributed by atoms with Crippen LogP contribution in [0.4, 0.5) is 16.2 Å². The number of rotatable bonds is 4. The highest BCUT2D eigenvalue weighted by molar-refractivity contribution is 5.84. The molecule has 142 valence electrons. The van der Waals surface area contributed by atoms with Gasteiger partial charge in [-0.15, -0.1) is 0 Å². The van der Waals surface area contributed by atoms with Gasteiger partial charge in [-0.2, -0.15) is 10.2 Å². The Labute approximate surface area is 166 Å². The van der Waals surface area contributed by atoms with Gasteiger partial charge in [0.25, 0.3) is 0 Å². The average Bonchev–Trinajstić information content (AvgIpc) is 2.73. The van der Waals surface area contributed by atoms with Crippen LogP contribution in [0, 0.1) is 17.1 Å². The van der Waals surface area contributed by atoms with E-state index in [1.807, 2.05) is 37.3 Å². The molecule has 8 heteroatoms. The maximum atomic E-state index is 13.7. The Bertz CT molecular complexity index is 1240. The van der Waals surface area contributed by atoms with Crippen molar-refractivity contribution >= 4 is 22.7 Å². The molecule has 0 aliphatic heterocycles. The molecule has 0 radical (unpaired) electrons. The number of pyridine rings is 2. The third-order valence-corrected chi connectivity index (χ3v) is 4.44. The number of hydrogen-bond acceptors (Lipinski definition) is 7. The van der Waals surface area contributed by atoms with Gasteiger partial charge in [0.15, 0.2) is 0 Å². The number of halogens is 1. The fraction of sp³-hybridized carbons (Fsp3) is 0.0952. The molecule has 0 bridgehead atoms. The molecule has 1 atom stereocenters. The molecule has 29 heavy (non-hydrogen) atoms. The van der Waals surface area contributed by atoms with Gasteiger partial charge >= 0.3 is 0 Å². The maximum Gasteiger partial charge on any atom is 0.222 e. The number of nitriles is 1. The first-order valence-corrected chi connectivity index (χ1v) is 8.86. The van der Waals surface area contributed by atoms with Crippen LogP contribution in [0.3, 0.4) is 0 Å². The summed E-state index contributed by atoms with van der Waals surface area (Å²) < 4.78 is 13.7. The Hall–Kier alpha value is -4.12. The molecule has 4 aromatic rings. The van der Waals surface area contributed by atoms with E-state index in [0.29, 0.717) is 28.1 Å². The molecule has 3 N–H and O–H groups in total. The minimum atomic E-state index is -0.345. The molecule has 3 heterocycles. The smallest absolute Gasteiger partial charge is 0.222 e. The average molecular weight is 385 g/mol. The molecule has 0 saturated heterocycles. The predicted octanol–water partition coefficient (Wildman–Crippen LogP) is 3.85. The molecule has 3 aromatic heterocycles. The first-order valence-electron chi connectivity index (χ1n) is 8.86. The van der Waals surface area contributed by atoms with Gasteiger partial charge < -0.3 is 11.1 Å². The number of hydrogen-bond donors (Lipinski definition) is 2. The highest BCUT2D eigenvalue weighted by Gasteiger charge is 2.18. The summed E-state index contributed by atoms with van der Waals surface area (Å²) in [7, 11) is 0. The Morgan fingerprint density at radius 1 is 1.14 bits per heavy atom. The Balaban J connectivity index is 1.84. The zero-order valence-corrected chi connectivity index (χ0v) is 15.5. The second-order valence-corrected chi connectivity index (χ2v) is 6.44. The Morgan fingerprint density at radius 2 is 2.00 bits per heavy atom. The highest BCUT2D eigenvalue weighted by Crippen LogP contribution is 2.31. The highest BCUT2D eigenvalue weighted by atomic mass is 19.1. The van der Waals surface area contributed by atoms with Crippen LogP contribution < -0.4 is 11.1 Å². The minimum absolute atomic E-state index is 0.0607. The molecule has 1 unspecified atom stereocenters. The van der Waals surface area contributed by atoms with Gasteiger partial charge in [-0.25, -0.2) is 14.4 Å². The molecular weight excluding hydrogens is 369 g/mol. The van der Waals surface area contributed by atoms with Crippen molar-refractivity contribution in [1.29, 1.82) is 5.26 Å². The van der Waals surface area contributed by atoms with E-state index >= 15 is 0 Å². The molecule has 0 saturated carbocycles. The molecular formula is C21H16FN7. The summed E-state index contributed by atoms with van der Waals surface area (Å²) in [6, 6.07) is 13.6. The monoisotopic (exact) mass is 385 g/mol. The molecule has 0 aliphatic carbocycles. The summed E-state index contributed by atoms with van der Waals surface area (Å²) in [5.74, 6) is 0.0476. The van der Waals surface area contributed by atoms with Crippen LogP contribution in [0.25, 0.3) is 22.2 Å². The zero-order valence-electron chi connectivity index (χ0n) is 15.5. The largest absolute Gasteiger partial charge is 0.368 e. The summed E-state index contributed by atoms with van der Waals surface area (Å²) in [5.41, 5.74) is 8.74. The number of benzene rings is 1. The number of nitrogens with zero attached hydrogens (tertiary/aromatic N) is 5. The standard InChI is InChI=1S/C21H16FN7/c1-12(27-20-14(10-23)11-26-21(24)29-20)19-16(18-4-2-3-7-25-18)9-13-8-15(22)5-6-17(13)28-19/h2-9,11-12H,1H3,(H3,24,26,27,29). The lowest BCUT2D eigenvalue weighted by Crippen LogP contribution is -2.13. The number of nitrogens with one attached hydrogen (secondary N) is 1. The lowest BCUT2D eigenvalue weighted by Gasteiger charge is -2.19. The maximum absolute atomic E-state index is 13.7. The van der Waals surface area contributed by atoms with Crippen molar-refractivity contribution < 1.29 is 4.39 Å². The summed E-state index contributed by atoms with van der Waals surface area (Å²) in [5, 5.41) is 13.2. The summed E-state index contributed by atoms with van der Waals surface area (Å²) in [6.45, 7) is 1.89. The first-order chi connectivity index (χ1) is 14.0. The van der Waals surface area contributed by atoms with Crippen molar-refractivity contribution in [2.24, 2.45) is 0 Å². The lowest BCUT2D eigenvalue weighted by molar-refractivity contribution is 0.629. The van der Waals surface area contributed by atoms with Gasteiger partial charge in [-0.05, 0) is 43.3 Å². The quantitative estimate of drug-likeness (QED) is 0.548. The van der Waals surface area contributed by atoms with Crippen molar-refractivity contribution in [2.75, 3.05) is 11.1 Å². The second-order valence-electron chi connectivity index (χ2n) is 6.44. The number of anilines is 2. The normalized spacial score (nSPS) is 11.8. The molecule has 0 aliphatic rings. The first kappa shape index (κ1) is 18.3. The predicted molar refractivity (Wildman–Crippen MR) is 108 cm³/mol. The van der Waals surface area contributed by atoms with Gasteiger partial charge in [-0.3, -0.25) is 4.98 Å². The fourth-order valence-corrected chi connectivity index (χ4v) is 3.08. The SMILES string of the molecule is CC(Nc1nc(N)ncc1C#N)c1nc2ccc(F)cc2cc1-c1ccccn1. The molecule has 0 fully saturated rings. The van der Waals surface area contributed by atoms with Crippen LogP contribution in [0.1, 0.15) is 24.2 Å². The van der Waals surface area contributed by atoms with Gasteiger partial charge in [0.2, 0.25) is 5.95 Å². The summed E-state index contributed by atoms with van der Waals surface area (Å²) >= 11 is 0. The van der Waals surface area contributed by atoms with E-state index in [1.165, 1.54) is 18.3 Å². The lowest BCUT2D eigenvalue weighted by atomic mass is 10.0. The fourth-order valence-electron chi connectivity index (χ4n) is 3.08. The third-order valence-electron chi connectivity index (χ3n) is 4.44. The van der Waals surface area contributed by atoms with E-state index in [-0.39, 0.29) is 23.4 Å². The number of nitrogen functional groups attached to an aromatic ring is 1. The third kappa shape index (κ3) is 3.66. The van der Waals surface area contributed by atoms with Crippen LogP contribution in [0.2, 0.25) is 0 Å². The molecule has 7 nitrogen and oxygen atoms in total. The van der Waals surface area contributed by atoms with E-state index in [9.17, 15) is 9.65 Å². The molecule has 4 rings (SSSR count). The number of fused-ring (bicyclic) bond motifs is 1. The van der Waals surface area contributed by atoms with Gasteiger partial charge in [0, 0.05) is 17.1 Å². The van der Waals surface area contributed by atoms with Crippen LogP contribution in [0.5, 0.6) is 0 Å². The molecule has 1 aromatic carbocycles. The van der Waals surface area contributed by atoms with Crippen LogP contribution in [-0.4, -0.2) is 19.9 Å². The van der Waals surface area contributed by atoms with E-state index in [2.05, 4.69) is 20.3 Å². The van der Waals surface area contributed by atoms with Crippen LogP contribution in [0.15, 0.2) is 54.9 Å². The van der Waals surface area contributed by atoms with Crippen molar-refractivity contribution in [3.63, 3.8) is 0 Å². The van der Waals surface area contributed by atoms with Crippen molar-refractivity contribution in [3.8, 4) is 17.3 Å². The van der Waals surface area contributed by atoms with Crippen LogP contribution in [-0.2, 0) is 0 Å². The second kappa shape index (κ2) is 7.48. The Morgan fingerprint density at radius 3 is 2.76 bits per heavy atom. The van der Waals surface area contributed by atoms with E-state index in [0.717, 1.165) is 5.56 Å². The molecule has 0 amide bonds. The minimum Gasteiger partial charge on any atom is -0.368 e. The number of nitrogens with two attached hydrogens (primary N) is 1. The number of aromatic nitrogens is 4. The topological polar surface area (TPSA) is 113 Å². The van der Waals surface area contributed by atoms with Crippen molar-refractivity contribution in [3.05, 3.63) is 71.9 Å². The van der Waals surface area contributed by atoms with Gasteiger partial charge in [0.1, 0.15) is 23.3 Å². The van der Waals surface area contributed by atoms with Gasteiger partial charge in [0.05, 0.1) is 29.1 Å². The van der Waals surface area contributed by atoms with Crippen LogP contribution >= 0.6 is 0 Å².